The van der Waals surface area contributed by atoms with Gasteiger partial charge >= 0.3 is 0 Å². The molecule has 2 aromatic rings. The Morgan fingerprint density at radius 2 is 1.50 bits per heavy atom. The van der Waals surface area contributed by atoms with Crippen LogP contribution >= 0.6 is 23.4 Å². The summed E-state index contributed by atoms with van der Waals surface area (Å²) in [6.45, 7) is 0. The molecule has 0 saturated carbocycles. The Balaban J connectivity index is 1.99. The minimum atomic E-state index is -0.144. The van der Waals surface area contributed by atoms with Crippen LogP contribution in [0.3, 0.4) is 0 Å². The molecule has 2 aromatic carbocycles. The molecule has 0 amide bonds. The Hall–Kier alpha value is -1.84. The molecule has 98 valence electrons. The molecule has 0 atom stereocenters. The van der Waals surface area contributed by atoms with Crippen LogP contribution in [0.5, 0.6) is 0 Å². The summed E-state index contributed by atoms with van der Waals surface area (Å²) < 4.78 is 0. The lowest BCUT2D eigenvalue weighted by molar-refractivity contribution is 0.0991. The van der Waals surface area contributed by atoms with Gasteiger partial charge in [0.1, 0.15) is 0 Å². The number of thioether (sulfide) groups is 1. The zero-order chi connectivity index (χ0) is 14.1. The van der Waals surface area contributed by atoms with Gasteiger partial charge < -0.3 is 0 Å². The standard InChI is InChI=1S/C16H9ClO2S/c17-12-7-3-4-8-14(12)20-15-9-13(18)10-5-1-2-6-11(10)16(15)19/h1-9H. The number of carbonyl (C=O) groups excluding carboxylic acids is 2. The zero-order valence-electron chi connectivity index (χ0n) is 10.3. The molecule has 0 aliphatic heterocycles. The number of carbonyl (C=O) groups is 2. The molecule has 4 heteroatoms. The third-order valence-electron chi connectivity index (χ3n) is 2.98. The molecule has 2 nitrogen and oxygen atoms in total. The summed E-state index contributed by atoms with van der Waals surface area (Å²) in [5.74, 6) is -0.278. The first-order valence-corrected chi connectivity index (χ1v) is 7.18. The number of fused-ring (bicyclic) bond motifs is 1. The summed E-state index contributed by atoms with van der Waals surface area (Å²) in [6.07, 6.45) is 1.39. The maximum Gasteiger partial charge on any atom is 0.200 e. The molecule has 0 spiro atoms. The number of benzene rings is 2. The van der Waals surface area contributed by atoms with Crippen molar-refractivity contribution in [3.05, 3.63) is 75.7 Å². The van der Waals surface area contributed by atoms with Crippen molar-refractivity contribution in [3.8, 4) is 0 Å². The second kappa shape index (κ2) is 5.27. The highest BCUT2D eigenvalue weighted by molar-refractivity contribution is 8.04. The smallest absolute Gasteiger partial charge is 0.200 e. The van der Waals surface area contributed by atoms with Gasteiger partial charge in [-0.1, -0.05) is 59.8 Å². The average Bonchev–Trinajstić information content (AvgIpc) is 2.47. The van der Waals surface area contributed by atoms with Gasteiger partial charge in [0.15, 0.2) is 5.78 Å². The quantitative estimate of drug-likeness (QED) is 0.824. The van der Waals surface area contributed by atoms with Crippen molar-refractivity contribution < 1.29 is 9.59 Å². The van der Waals surface area contributed by atoms with E-state index in [1.807, 2.05) is 18.2 Å². The van der Waals surface area contributed by atoms with Crippen molar-refractivity contribution in [1.29, 1.82) is 0 Å². The lowest BCUT2D eigenvalue weighted by Gasteiger charge is -2.14. The normalized spacial score (nSPS) is 13.9. The van der Waals surface area contributed by atoms with Crippen LogP contribution in [0, 0.1) is 0 Å². The zero-order valence-corrected chi connectivity index (χ0v) is 11.9. The Bertz CT molecular complexity index is 750. The molecule has 0 saturated heterocycles. The fourth-order valence-corrected chi connectivity index (χ4v) is 3.18. The Morgan fingerprint density at radius 1 is 0.850 bits per heavy atom. The van der Waals surface area contributed by atoms with Gasteiger partial charge in [-0.2, -0.15) is 0 Å². The van der Waals surface area contributed by atoms with E-state index in [1.165, 1.54) is 17.8 Å². The summed E-state index contributed by atoms with van der Waals surface area (Å²) in [5, 5.41) is 0.567. The number of hydrogen-bond donors (Lipinski definition) is 0. The SMILES string of the molecule is O=C1C=C(Sc2ccccc2Cl)C(=O)c2ccccc21. The van der Waals surface area contributed by atoms with Crippen LogP contribution in [0.15, 0.2) is 64.4 Å². The van der Waals surface area contributed by atoms with E-state index in [0.29, 0.717) is 21.1 Å². The second-order valence-electron chi connectivity index (χ2n) is 4.28. The van der Waals surface area contributed by atoms with Gasteiger partial charge in [-0.25, -0.2) is 0 Å². The monoisotopic (exact) mass is 300 g/mol. The minimum absolute atomic E-state index is 0.134. The van der Waals surface area contributed by atoms with Crippen LogP contribution in [0.25, 0.3) is 0 Å². The van der Waals surface area contributed by atoms with Gasteiger partial charge in [0, 0.05) is 22.1 Å². The molecule has 0 N–H and O–H groups in total. The molecular weight excluding hydrogens is 292 g/mol. The predicted octanol–water partition coefficient (Wildman–Crippen LogP) is 4.40. The van der Waals surface area contributed by atoms with Crippen LogP contribution < -0.4 is 0 Å². The summed E-state index contributed by atoms with van der Waals surface area (Å²) >= 11 is 7.31. The van der Waals surface area contributed by atoms with E-state index in [-0.39, 0.29) is 11.6 Å². The van der Waals surface area contributed by atoms with E-state index in [4.69, 9.17) is 11.6 Å². The van der Waals surface area contributed by atoms with Crippen molar-refractivity contribution in [1.82, 2.24) is 0 Å². The fourth-order valence-electron chi connectivity index (χ4n) is 2.01. The van der Waals surface area contributed by atoms with Crippen molar-refractivity contribution in [2.45, 2.75) is 4.90 Å². The highest BCUT2D eigenvalue weighted by Crippen LogP contribution is 2.36. The maximum absolute atomic E-state index is 12.4. The molecule has 0 bridgehead atoms. The molecule has 20 heavy (non-hydrogen) atoms. The van der Waals surface area contributed by atoms with Gasteiger partial charge in [-0.05, 0) is 12.1 Å². The minimum Gasteiger partial charge on any atom is -0.289 e. The lowest BCUT2D eigenvalue weighted by Crippen LogP contribution is -2.15. The van der Waals surface area contributed by atoms with E-state index in [1.54, 1.807) is 30.3 Å². The summed E-state index contributed by atoms with van der Waals surface area (Å²) in [4.78, 5) is 25.6. The molecule has 1 aliphatic rings. The van der Waals surface area contributed by atoms with Crippen molar-refractivity contribution >= 4 is 34.9 Å². The van der Waals surface area contributed by atoms with Gasteiger partial charge in [0.25, 0.3) is 0 Å². The van der Waals surface area contributed by atoms with Crippen molar-refractivity contribution in [3.63, 3.8) is 0 Å². The van der Waals surface area contributed by atoms with Crippen LogP contribution in [0.1, 0.15) is 20.7 Å². The molecule has 0 radical (unpaired) electrons. The van der Waals surface area contributed by atoms with E-state index >= 15 is 0 Å². The summed E-state index contributed by atoms with van der Waals surface area (Å²) in [6, 6.07) is 14.1. The third kappa shape index (κ3) is 2.30. The topological polar surface area (TPSA) is 34.1 Å². The third-order valence-corrected chi connectivity index (χ3v) is 4.52. The van der Waals surface area contributed by atoms with E-state index < -0.39 is 0 Å². The van der Waals surface area contributed by atoms with Crippen LogP contribution in [-0.2, 0) is 0 Å². The summed E-state index contributed by atoms with van der Waals surface area (Å²) in [7, 11) is 0. The van der Waals surface area contributed by atoms with Gasteiger partial charge in [-0.15, -0.1) is 0 Å². The van der Waals surface area contributed by atoms with Gasteiger partial charge in [0.2, 0.25) is 5.78 Å². The summed E-state index contributed by atoms with van der Waals surface area (Å²) in [5.41, 5.74) is 0.913. The van der Waals surface area contributed by atoms with Crippen molar-refractivity contribution in [2.75, 3.05) is 0 Å². The number of ketones is 2. The highest BCUT2D eigenvalue weighted by atomic mass is 35.5. The fraction of sp³-hybridized carbons (Fsp3) is 0. The average molecular weight is 301 g/mol. The molecule has 0 heterocycles. The van der Waals surface area contributed by atoms with E-state index in [2.05, 4.69) is 0 Å². The molecule has 0 unspecified atom stereocenters. The Kier molecular flexibility index (Phi) is 3.47. The van der Waals surface area contributed by atoms with E-state index in [0.717, 1.165) is 4.90 Å². The van der Waals surface area contributed by atoms with E-state index in [9.17, 15) is 9.59 Å². The number of hydrogen-bond acceptors (Lipinski definition) is 3. The lowest BCUT2D eigenvalue weighted by atomic mass is 9.95. The number of halogens is 1. The van der Waals surface area contributed by atoms with Crippen LogP contribution in [-0.4, -0.2) is 11.6 Å². The van der Waals surface area contributed by atoms with Gasteiger partial charge in [-0.3, -0.25) is 9.59 Å². The molecule has 1 aliphatic carbocycles. The first kappa shape index (κ1) is 13.2. The highest BCUT2D eigenvalue weighted by Gasteiger charge is 2.25. The molecule has 3 rings (SSSR count). The molecule has 0 fully saturated rings. The number of allylic oxidation sites excluding steroid dienone is 2. The first-order chi connectivity index (χ1) is 9.66. The maximum atomic E-state index is 12.4. The largest absolute Gasteiger partial charge is 0.289 e. The molecular formula is C16H9ClO2S. The van der Waals surface area contributed by atoms with Crippen LogP contribution in [0.2, 0.25) is 5.02 Å². The molecule has 0 aromatic heterocycles. The Labute approximate surface area is 125 Å². The van der Waals surface area contributed by atoms with Gasteiger partial charge in [0.05, 0.1) is 9.93 Å². The number of rotatable bonds is 2. The Morgan fingerprint density at radius 3 is 2.25 bits per heavy atom. The predicted molar refractivity (Wildman–Crippen MR) is 80.5 cm³/mol. The first-order valence-electron chi connectivity index (χ1n) is 5.99. The number of Topliss-reactive ketones (excluding diaryl/α,β-unsaturated/α-hetero) is 1. The van der Waals surface area contributed by atoms with Crippen LogP contribution in [0.4, 0.5) is 0 Å². The van der Waals surface area contributed by atoms with Crippen molar-refractivity contribution in [2.24, 2.45) is 0 Å². The second-order valence-corrected chi connectivity index (χ2v) is 5.77.